The first-order valence-corrected chi connectivity index (χ1v) is 38.2. The highest BCUT2D eigenvalue weighted by molar-refractivity contribution is 5.46. The molecule has 0 fully saturated rings. The van der Waals surface area contributed by atoms with Crippen LogP contribution in [0, 0.1) is 56.5 Å². The van der Waals surface area contributed by atoms with Crippen LogP contribution in [0.1, 0.15) is 78.5 Å². The summed E-state index contributed by atoms with van der Waals surface area (Å²) in [5, 5.41) is 0. The van der Waals surface area contributed by atoms with Gasteiger partial charge in [-0.3, -0.25) is 0 Å². The third-order valence-electron chi connectivity index (χ3n) is 12.0. The van der Waals surface area contributed by atoms with E-state index in [1.807, 2.05) is 12.2 Å². The van der Waals surface area contributed by atoms with E-state index in [-0.39, 0.29) is 106 Å². The van der Waals surface area contributed by atoms with Gasteiger partial charge in [0, 0.05) is 0 Å². The molecular formula is C75H76I5+5. The lowest BCUT2D eigenvalue weighted by Gasteiger charge is -1.99. The summed E-state index contributed by atoms with van der Waals surface area (Å²) in [7, 11) is 0. The summed E-state index contributed by atoms with van der Waals surface area (Å²) in [5.74, 6) is 0. The number of hydrogen-bond donors (Lipinski definition) is 0. The number of benzene rings is 10. The Balaban J connectivity index is 0.000000163. The molecular weight excluding hydrogens is 1540 g/mol. The molecule has 10 aromatic carbocycles. The lowest BCUT2D eigenvalue weighted by atomic mass is 10.1. The standard InChI is InChI=1S/C20H26I.C15H14I.C14H14I.C14H12I.C12H10I/c1-3-5-7-17-9-13-19(14-10-17)21-20-15-11-18(12-16-20)8-6-4-2;1-3-13-6-10-15(11-7-13)16-14-8-4-12(2)5-9-14;1-11-3-7-13(8-4-11)15-14-9-5-12(2)6-10-14;1-2-12-8-10-14(11-9-12)15-13-6-4-3-5-7-13;1-3-7-11(8-4-1)13-12-9-5-2-6-10-12/h9-16H,3-8H2,1-2H3;3-11H,1H2,2H3;3-10H,1-2H3;2-11H,1H2;1-10H/q5*+1. The van der Waals surface area contributed by atoms with Crippen LogP contribution in [0.15, 0.2) is 274 Å². The first-order valence-electron chi connectivity index (χ1n) is 27.4. The Kier molecular flexibility index (Phi) is 30.8. The van der Waals surface area contributed by atoms with Crippen LogP contribution in [0.3, 0.4) is 0 Å². The molecule has 0 spiro atoms. The van der Waals surface area contributed by atoms with Gasteiger partial charge in [-0.15, -0.1) is 0 Å². The Morgan fingerprint density at radius 2 is 0.463 bits per heavy atom. The fraction of sp³-hybridized carbons (Fsp3) is 0.147. The zero-order chi connectivity index (χ0) is 56.4. The van der Waals surface area contributed by atoms with Crippen molar-refractivity contribution in [3.05, 3.63) is 349 Å². The van der Waals surface area contributed by atoms with Crippen molar-refractivity contribution in [1.29, 1.82) is 0 Å². The topological polar surface area (TPSA) is 0 Å². The van der Waals surface area contributed by atoms with Gasteiger partial charge in [0.15, 0.2) is 35.7 Å². The predicted molar refractivity (Wildman–Crippen MR) is 323 cm³/mol. The van der Waals surface area contributed by atoms with Crippen molar-refractivity contribution in [3.8, 4) is 0 Å². The zero-order valence-electron chi connectivity index (χ0n) is 47.0. The first-order chi connectivity index (χ1) is 39.2. The highest BCUT2D eigenvalue weighted by Gasteiger charge is 2.18. The molecule has 0 aromatic heterocycles. The number of hydrogen-bond acceptors (Lipinski definition) is 0. The van der Waals surface area contributed by atoms with E-state index in [0.29, 0.717) is 0 Å². The summed E-state index contributed by atoms with van der Waals surface area (Å²) < 4.78 is 14.8. The molecule has 0 aliphatic carbocycles. The Morgan fingerprint density at radius 1 is 0.263 bits per heavy atom. The van der Waals surface area contributed by atoms with E-state index in [1.165, 1.54) is 113 Å². The fourth-order valence-electron chi connectivity index (χ4n) is 7.37. The third kappa shape index (κ3) is 26.1. The molecule has 5 heteroatoms. The van der Waals surface area contributed by atoms with Crippen LogP contribution in [0.25, 0.3) is 12.2 Å². The molecule has 0 saturated heterocycles. The van der Waals surface area contributed by atoms with Crippen LogP contribution >= 0.6 is 0 Å². The molecule has 0 N–H and O–H groups in total. The molecule has 10 aromatic rings. The molecule has 0 amide bonds. The second-order valence-electron chi connectivity index (χ2n) is 18.7. The van der Waals surface area contributed by atoms with Gasteiger partial charge in [0.25, 0.3) is 0 Å². The Morgan fingerprint density at radius 3 is 0.675 bits per heavy atom. The maximum atomic E-state index is 3.76. The molecule has 0 bridgehead atoms. The van der Waals surface area contributed by atoms with E-state index in [4.69, 9.17) is 0 Å². The lowest BCUT2D eigenvalue weighted by molar-refractivity contribution is -0.597. The third-order valence-corrected chi connectivity index (χ3v) is 25.4. The maximum Gasteiger partial charge on any atom is 0.357 e. The zero-order valence-corrected chi connectivity index (χ0v) is 57.8. The van der Waals surface area contributed by atoms with E-state index >= 15 is 0 Å². The molecule has 0 saturated carbocycles. The largest absolute Gasteiger partial charge is 0.357 e. The normalized spacial score (nSPS) is 10.2. The van der Waals surface area contributed by atoms with Crippen LogP contribution < -0.4 is 106 Å². The Labute approximate surface area is 533 Å². The highest BCUT2D eigenvalue weighted by atomic mass is 127. The number of unbranched alkanes of at least 4 members (excludes halogenated alkanes) is 2. The van der Waals surface area contributed by atoms with E-state index < -0.39 is 0 Å². The van der Waals surface area contributed by atoms with Gasteiger partial charge in [0.2, 0.25) is 0 Å². The van der Waals surface area contributed by atoms with Crippen LogP contribution in [-0.4, -0.2) is 0 Å². The highest BCUT2D eigenvalue weighted by Crippen LogP contribution is 2.06. The van der Waals surface area contributed by atoms with Gasteiger partial charge in [-0.25, -0.2) is 0 Å². The van der Waals surface area contributed by atoms with Gasteiger partial charge in [-0.05, 0) is 190 Å². The minimum atomic E-state index is -0.0365. The summed E-state index contributed by atoms with van der Waals surface area (Å²) >= 11 is -0.0523. The molecule has 10 rings (SSSR count). The minimum Gasteiger partial charge on any atom is -0.0985 e. The average molecular weight is 1610 g/mol. The maximum absolute atomic E-state index is 3.76. The van der Waals surface area contributed by atoms with E-state index in [2.05, 4.69) is 309 Å². The first kappa shape index (κ1) is 64.5. The van der Waals surface area contributed by atoms with Crippen LogP contribution in [0.2, 0.25) is 0 Å². The minimum absolute atomic E-state index is 0.00313. The van der Waals surface area contributed by atoms with Crippen molar-refractivity contribution in [1.82, 2.24) is 0 Å². The smallest absolute Gasteiger partial charge is 0.0985 e. The van der Waals surface area contributed by atoms with Crippen molar-refractivity contribution in [2.75, 3.05) is 0 Å². The SMILES string of the molecule is C=Cc1ccc([I+]c2ccc(C)cc2)cc1.C=Cc1ccc([I+]c2ccccc2)cc1.CCCCc1ccc([I+]c2ccc(CCCC)cc2)cc1.Cc1ccc([I+]c2ccc(C)cc2)cc1.c1ccc([I+]c2ccccc2)cc1. The number of halogens is 5. The van der Waals surface area contributed by atoms with Crippen molar-refractivity contribution in [3.63, 3.8) is 0 Å². The molecule has 0 unspecified atom stereocenters. The second kappa shape index (κ2) is 38.2. The van der Waals surface area contributed by atoms with Gasteiger partial charge in [-0.1, -0.05) is 208 Å². The van der Waals surface area contributed by atoms with E-state index in [1.54, 1.807) is 0 Å². The quantitative estimate of drug-likeness (QED) is 0.114. The van der Waals surface area contributed by atoms with Crippen LogP contribution in [0.4, 0.5) is 0 Å². The molecule has 0 radical (unpaired) electrons. The van der Waals surface area contributed by atoms with Gasteiger partial charge in [0.1, 0.15) is 0 Å². The molecule has 0 nitrogen and oxygen atoms in total. The number of aryl methyl sites for hydroxylation is 5. The second-order valence-corrected chi connectivity index (χ2v) is 33.9. The molecule has 0 heterocycles. The van der Waals surface area contributed by atoms with E-state index in [0.717, 1.165) is 0 Å². The molecule has 0 atom stereocenters. The summed E-state index contributed by atoms with van der Waals surface area (Å²) in [5.41, 5.74) is 9.36. The summed E-state index contributed by atoms with van der Waals surface area (Å²) in [4.78, 5) is 0. The van der Waals surface area contributed by atoms with Crippen LogP contribution in [-0.2, 0) is 12.8 Å². The molecule has 80 heavy (non-hydrogen) atoms. The molecule has 0 aliphatic rings. The molecule has 406 valence electrons. The summed E-state index contributed by atoms with van der Waals surface area (Å²) in [6, 6.07) is 94.7. The van der Waals surface area contributed by atoms with Crippen LogP contribution in [0.5, 0.6) is 0 Å². The monoisotopic (exact) mass is 1610 g/mol. The number of rotatable bonds is 18. The van der Waals surface area contributed by atoms with Crippen molar-refractivity contribution in [2.45, 2.75) is 73.1 Å². The molecule has 0 aliphatic heterocycles. The van der Waals surface area contributed by atoms with Gasteiger partial charge in [0.05, 0.1) is 0 Å². The van der Waals surface area contributed by atoms with Gasteiger partial charge >= 0.3 is 106 Å². The van der Waals surface area contributed by atoms with Crippen molar-refractivity contribution in [2.24, 2.45) is 0 Å². The average Bonchev–Trinajstić information content (AvgIpc) is 3.50. The predicted octanol–water partition coefficient (Wildman–Crippen LogP) is 3.97. The van der Waals surface area contributed by atoms with E-state index in [9.17, 15) is 0 Å². The summed E-state index contributed by atoms with van der Waals surface area (Å²) in [6.45, 7) is 18.4. The van der Waals surface area contributed by atoms with Crippen molar-refractivity contribution < 1.29 is 106 Å². The lowest BCUT2D eigenvalue weighted by Crippen LogP contribution is -3.61. The van der Waals surface area contributed by atoms with Gasteiger partial charge < -0.3 is 0 Å². The fourth-order valence-corrected chi connectivity index (χ4v) is 18.3. The van der Waals surface area contributed by atoms with Gasteiger partial charge in [-0.2, -0.15) is 0 Å². The Hall–Kier alpha value is -4.67. The van der Waals surface area contributed by atoms with Crippen molar-refractivity contribution >= 4 is 12.2 Å². The Bertz CT molecular complexity index is 3100. The summed E-state index contributed by atoms with van der Waals surface area (Å²) in [6.07, 6.45) is 11.4.